The molecule has 0 aliphatic heterocycles. The number of pyridine rings is 1. The van der Waals surface area contributed by atoms with Crippen molar-refractivity contribution in [2.24, 2.45) is 0 Å². The number of aromatic amines is 1. The third-order valence-electron chi connectivity index (χ3n) is 1.66. The number of hydrogen-bond donors (Lipinski definition) is 1. The monoisotopic (exact) mass is 159 g/mol. The van der Waals surface area contributed by atoms with Gasteiger partial charge in [-0.1, -0.05) is 6.07 Å². The number of nitrogens with one attached hydrogen (secondary N) is 1. The fraction of sp³-hybridized carbons (Fsp3) is 0.111. The van der Waals surface area contributed by atoms with Crippen LogP contribution in [0.3, 0.4) is 0 Å². The van der Waals surface area contributed by atoms with Crippen molar-refractivity contribution in [3.8, 4) is 11.4 Å². The van der Waals surface area contributed by atoms with Gasteiger partial charge in [-0.3, -0.25) is 4.98 Å². The highest BCUT2D eigenvalue weighted by molar-refractivity contribution is 5.52. The lowest BCUT2D eigenvalue weighted by Crippen LogP contribution is -1.85. The summed E-state index contributed by atoms with van der Waals surface area (Å²) < 4.78 is 0. The number of rotatable bonds is 1. The summed E-state index contributed by atoms with van der Waals surface area (Å²) in [6.45, 7) is 1.97. The molecule has 0 aliphatic carbocycles. The van der Waals surface area contributed by atoms with Crippen molar-refractivity contribution in [3.05, 3.63) is 36.4 Å². The molecule has 0 saturated heterocycles. The van der Waals surface area contributed by atoms with Gasteiger partial charge in [0.25, 0.3) is 0 Å². The Morgan fingerprint density at radius 2 is 2.25 bits per heavy atom. The van der Waals surface area contributed by atoms with Gasteiger partial charge in [-0.15, -0.1) is 0 Å². The van der Waals surface area contributed by atoms with E-state index in [1.165, 1.54) is 0 Å². The molecule has 0 bridgehead atoms. The number of hydrogen-bond acceptors (Lipinski definition) is 2. The van der Waals surface area contributed by atoms with Crippen molar-refractivity contribution >= 4 is 0 Å². The minimum atomic E-state index is 0.938. The Labute approximate surface area is 70.5 Å². The van der Waals surface area contributed by atoms with Crippen LogP contribution < -0.4 is 0 Å². The highest BCUT2D eigenvalue weighted by Crippen LogP contribution is 2.12. The number of nitrogens with zero attached hydrogens (tertiary/aromatic N) is 2. The van der Waals surface area contributed by atoms with Crippen LogP contribution in [0, 0.1) is 6.92 Å². The van der Waals surface area contributed by atoms with Gasteiger partial charge in [0, 0.05) is 5.69 Å². The minimum Gasteiger partial charge on any atom is -0.343 e. The zero-order valence-electron chi connectivity index (χ0n) is 6.78. The van der Waals surface area contributed by atoms with Crippen LogP contribution in [0.15, 0.2) is 30.7 Å². The van der Waals surface area contributed by atoms with Gasteiger partial charge in [-0.05, 0) is 19.1 Å². The lowest BCUT2D eigenvalue weighted by Gasteiger charge is -1.96. The van der Waals surface area contributed by atoms with E-state index in [4.69, 9.17) is 0 Å². The minimum absolute atomic E-state index is 0.938. The molecule has 3 nitrogen and oxygen atoms in total. The average Bonchev–Trinajstić information content (AvgIpc) is 2.56. The molecule has 1 N–H and O–H groups in total. The summed E-state index contributed by atoms with van der Waals surface area (Å²) in [5.74, 6) is 0. The van der Waals surface area contributed by atoms with Crippen LogP contribution in [0.1, 0.15) is 5.69 Å². The van der Waals surface area contributed by atoms with E-state index in [0.717, 1.165) is 17.1 Å². The van der Waals surface area contributed by atoms with Gasteiger partial charge in [-0.25, -0.2) is 4.98 Å². The Bertz CT molecular complexity index is 365. The molecule has 2 aromatic heterocycles. The van der Waals surface area contributed by atoms with Crippen molar-refractivity contribution in [2.45, 2.75) is 6.92 Å². The highest BCUT2D eigenvalue weighted by Gasteiger charge is 1.98. The molecular formula is C9H9N3. The van der Waals surface area contributed by atoms with Gasteiger partial charge in [0.1, 0.15) is 0 Å². The summed E-state index contributed by atoms with van der Waals surface area (Å²) in [6, 6.07) is 5.92. The van der Waals surface area contributed by atoms with E-state index >= 15 is 0 Å². The Morgan fingerprint density at radius 1 is 1.33 bits per heavy atom. The average molecular weight is 159 g/mol. The molecule has 3 heteroatoms. The first-order valence-corrected chi connectivity index (χ1v) is 3.78. The zero-order valence-corrected chi connectivity index (χ0v) is 6.78. The first kappa shape index (κ1) is 7.03. The van der Waals surface area contributed by atoms with E-state index < -0.39 is 0 Å². The maximum Gasteiger partial charge on any atom is 0.0924 e. The number of H-pyrrole nitrogens is 1. The van der Waals surface area contributed by atoms with Crippen molar-refractivity contribution in [1.82, 2.24) is 15.0 Å². The molecule has 2 aromatic rings. The molecule has 2 rings (SSSR count). The third-order valence-corrected chi connectivity index (χ3v) is 1.66. The quantitative estimate of drug-likeness (QED) is 0.689. The smallest absolute Gasteiger partial charge is 0.0924 e. The third kappa shape index (κ3) is 1.21. The van der Waals surface area contributed by atoms with Crippen LogP contribution in [0.5, 0.6) is 0 Å². The first-order valence-electron chi connectivity index (χ1n) is 3.78. The summed E-state index contributed by atoms with van der Waals surface area (Å²) in [5.41, 5.74) is 2.91. The molecule has 2 heterocycles. The van der Waals surface area contributed by atoms with Crippen LogP contribution in [-0.4, -0.2) is 15.0 Å². The van der Waals surface area contributed by atoms with Crippen LogP contribution >= 0.6 is 0 Å². The van der Waals surface area contributed by atoms with Crippen molar-refractivity contribution in [2.75, 3.05) is 0 Å². The molecule has 0 fully saturated rings. The van der Waals surface area contributed by atoms with Crippen LogP contribution in [0.4, 0.5) is 0 Å². The molecule has 12 heavy (non-hydrogen) atoms. The molecule has 0 radical (unpaired) electrons. The molecule has 0 aromatic carbocycles. The molecule has 0 amide bonds. The Kier molecular flexibility index (Phi) is 1.63. The summed E-state index contributed by atoms with van der Waals surface area (Å²) in [6.07, 6.45) is 3.42. The van der Waals surface area contributed by atoms with Gasteiger partial charge >= 0.3 is 0 Å². The largest absolute Gasteiger partial charge is 0.343 e. The fourth-order valence-corrected chi connectivity index (χ4v) is 1.09. The van der Waals surface area contributed by atoms with E-state index in [1.807, 2.05) is 25.1 Å². The normalized spacial score (nSPS) is 10.1. The molecule has 0 aliphatic rings. The number of aromatic nitrogens is 3. The maximum absolute atomic E-state index is 4.34. The van der Waals surface area contributed by atoms with Gasteiger partial charge in [0.15, 0.2) is 0 Å². The molecule has 0 saturated carbocycles. The van der Waals surface area contributed by atoms with Gasteiger partial charge in [0.2, 0.25) is 0 Å². The molecule has 0 unspecified atom stereocenters. The second-order valence-corrected chi connectivity index (χ2v) is 2.63. The van der Waals surface area contributed by atoms with Crippen LogP contribution in [0.2, 0.25) is 0 Å². The fourth-order valence-electron chi connectivity index (χ4n) is 1.09. The standard InChI is InChI=1S/C9H9N3/c1-7-3-2-4-8(12-7)9-5-10-6-11-9/h2-6H,1H3,(H,10,11). The van der Waals surface area contributed by atoms with Crippen molar-refractivity contribution in [3.63, 3.8) is 0 Å². The SMILES string of the molecule is Cc1cccc(-c2cnc[nH]2)n1. The van der Waals surface area contributed by atoms with Gasteiger partial charge in [0.05, 0.1) is 23.9 Å². The summed E-state index contributed by atoms with van der Waals surface area (Å²) in [4.78, 5) is 11.3. The summed E-state index contributed by atoms with van der Waals surface area (Å²) in [7, 11) is 0. The lowest BCUT2D eigenvalue weighted by molar-refractivity contribution is 1.19. The van der Waals surface area contributed by atoms with E-state index in [0.29, 0.717) is 0 Å². The van der Waals surface area contributed by atoms with E-state index in [9.17, 15) is 0 Å². The van der Waals surface area contributed by atoms with Crippen LogP contribution in [-0.2, 0) is 0 Å². The van der Waals surface area contributed by atoms with Crippen molar-refractivity contribution < 1.29 is 0 Å². The van der Waals surface area contributed by atoms with E-state index in [2.05, 4.69) is 15.0 Å². The lowest BCUT2D eigenvalue weighted by atomic mass is 10.2. The molecule has 0 spiro atoms. The predicted octanol–water partition coefficient (Wildman–Crippen LogP) is 1.78. The van der Waals surface area contributed by atoms with Gasteiger partial charge < -0.3 is 4.98 Å². The van der Waals surface area contributed by atoms with E-state index in [1.54, 1.807) is 12.5 Å². The molecule has 60 valence electrons. The number of aryl methyl sites for hydroxylation is 1. The topological polar surface area (TPSA) is 41.6 Å². The zero-order chi connectivity index (χ0) is 8.39. The second-order valence-electron chi connectivity index (χ2n) is 2.63. The van der Waals surface area contributed by atoms with Crippen LogP contribution in [0.25, 0.3) is 11.4 Å². The first-order chi connectivity index (χ1) is 5.86. The van der Waals surface area contributed by atoms with Gasteiger partial charge in [-0.2, -0.15) is 0 Å². The Morgan fingerprint density at radius 3 is 2.92 bits per heavy atom. The predicted molar refractivity (Wildman–Crippen MR) is 46.6 cm³/mol. The summed E-state index contributed by atoms with van der Waals surface area (Å²) in [5, 5.41) is 0. The van der Waals surface area contributed by atoms with Crippen molar-refractivity contribution in [1.29, 1.82) is 0 Å². The maximum atomic E-state index is 4.34. The Balaban J connectivity index is 2.48. The summed E-state index contributed by atoms with van der Waals surface area (Å²) >= 11 is 0. The second kappa shape index (κ2) is 2.77. The highest BCUT2D eigenvalue weighted by atomic mass is 14.9. The Hall–Kier alpha value is -1.64. The molecular weight excluding hydrogens is 150 g/mol. The number of imidazole rings is 1. The molecule has 0 atom stereocenters. The van der Waals surface area contributed by atoms with E-state index in [-0.39, 0.29) is 0 Å².